The molecule has 1 saturated heterocycles. The van der Waals surface area contributed by atoms with Gasteiger partial charge in [0.2, 0.25) is 0 Å². The fourth-order valence-corrected chi connectivity index (χ4v) is 2.69. The van der Waals surface area contributed by atoms with Crippen LogP contribution in [0.3, 0.4) is 0 Å². The molecule has 19 heavy (non-hydrogen) atoms. The third kappa shape index (κ3) is 2.82. The molecule has 0 saturated carbocycles. The first-order valence-electron chi connectivity index (χ1n) is 6.42. The van der Waals surface area contributed by atoms with Gasteiger partial charge >= 0.3 is 0 Å². The van der Waals surface area contributed by atoms with Gasteiger partial charge in [-0.2, -0.15) is 5.26 Å². The summed E-state index contributed by atoms with van der Waals surface area (Å²) in [5.41, 5.74) is 1.44. The number of hydrogen-bond acceptors (Lipinski definition) is 2. The number of amides is 1. The van der Waals surface area contributed by atoms with Crippen LogP contribution >= 0.6 is 15.9 Å². The fraction of sp³-hybridized carbons (Fsp3) is 0.467. The van der Waals surface area contributed by atoms with Gasteiger partial charge in [0.25, 0.3) is 5.91 Å². The maximum absolute atomic E-state index is 12.5. The minimum Gasteiger partial charge on any atom is -0.339 e. The van der Waals surface area contributed by atoms with Gasteiger partial charge in [0.1, 0.15) is 0 Å². The van der Waals surface area contributed by atoms with Gasteiger partial charge in [-0.3, -0.25) is 4.79 Å². The van der Waals surface area contributed by atoms with Crippen LogP contribution in [0, 0.1) is 23.7 Å². The minimum absolute atomic E-state index is 0.0683. The first-order valence-corrected chi connectivity index (χ1v) is 7.22. The quantitative estimate of drug-likeness (QED) is 0.794. The lowest BCUT2D eigenvalue weighted by molar-refractivity contribution is 0.0661. The van der Waals surface area contributed by atoms with Crippen LogP contribution in [0.2, 0.25) is 0 Å². The predicted molar refractivity (Wildman–Crippen MR) is 77.7 cm³/mol. The molecule has 4 heteroatoms. The van der Waals surface area contributed by atoms with Gasteiger partial charge in [-0.15, -0.1) is 0 Å². The number of hydrogen-bond donors (Lipinski definition) is 0. The van der Waals surface area contributed by atoms with Crippen LogP contribution < -0.4 is 0 Å². The Bertz CT molecular complexity index is 540. The molecule has 0 spiro atoms. The Morgan fingerprint density at radius 1 is 1.42 bits per heavy atom. The average Bonchev–Trinajstić information content (AvgIpc) is 2.42. The zero-order chi connectivity index (χ0) is 14.0. The van der Waals surface area contributed by atoms with Crippen LogP contribution in [0.25, 0.3) is 0 Å². The highest BCUT2D eigenvalue weighted by Gasteiger charge is 2.32. The Hall–Kier alpha value is -1.34. The number of piperidine rings is 1. The Balaban J connectivity index is 2.15. The molecule has 1 aromatic carbocycles. The molecule has 1 aliphatic heterocycles. The largest absolute Gasteiger partial charge is 0.339 e. The summed E-state index contributed by atoms with van der Waals surface area (Å²) in [5, 5.41) is 9.11. The second-order valence-corrected chi connectivity index (χ2v) is 6.23. The average molecular weight is 321 g/mol. The Morgan fingerprint density at radius 3 is 2.63 bits per heavy atom. The van der Waals surface area contributed by atoms with Crippen molar-refractivity contribution < 1.29 is 4.79 Å². The van der Waals surface area contributed by atoms with Crippen molar-refractivity contribution in [3.63, 3.8) is 0 Å². The highest BCUT2D eigenvalue weighted by atomic mass is 79.9. The molecule has 2 rings (SSSR count). The molecule has 0 aliphatic carbocycles. The number of likely N-dealkylation sites (tertiary alicyclic amines) is 1. The lowest BCUT2D eigenvalue weighted by Gasteiger charge is -2.35. The number of rotatable bonds is 1. The van der Waals surface area contributed by atoms with Crippen molar-refractivity contribution >= 4 is 21.8 Å². The van der Waals surface area contributed by atoms with Crippen LogP contribution in [0.4, 0.5) is 0 Å². The zero-order valence-electron chi connectivity index (χ0n) is 11.2. The summed E-state index contributed by atoms with van der Waals surface area (Å²) < 4.78 is 0.956. The van der Waals surface area contributed by atoms with E-state index >= 15 is 0 Å². The predicted octanol–water partition coefficient (Wildman–Crippen LogP) is 3.52. The molecule has 1 heterocycles. The lowest BCUT2D eigenvalue weighted by atomic mass is 9.82. The van der Waals surface area contributed by atoms with E-state index in [0.717, 1.165) is 28.4 Å². The number of carbonyl (C=O) groups is 1. The summed E-state index contributed by atoms with van der Waals surface area (Å²) in [6.07, 6.45) is 1.50. The maximum atomic E-state index is 12.5. The van der Waals surface area contributed by atoms with E-state index in [1.165, 1.54) is 0 Å². The molecule has 0 radical (unpaired) electrons. The first kappa shape index (κ1) is 14.1. The van der Waals surface area contributed by atoms with Crippen molar-refractivity contribution in [3.8, 4) is 6.07 Å². The fourth-order valence-electron chi connectivity index (χ4n) is 2.32. The van der Waals surface area contributed by atoms with E-state index < -0.39 is 0 Å². The molecule has 0 bridgehead atoms. The summed E-state index contributed by atoms with van der Waals surface area (Å²) in [7, 11) is 0. The van der Waals surface area contributed by atoms with E-state index in [2.05, 4.69) is 22.0 Å². The van der Waals surface area contributed by atoms with Gasteiger partial charge < -0.3 is 4.90 Å². The molecule has 1 amide bonds. The molecule has 0 N–H and O–H groups in total. The summed E-state index contributed by atoms with van der Waals surface area (Å²) in [5.74, 6) is 0.0683. The topological polar surface area (TPSA) is 44.1 Å². The molecule has 0 aromatic heterocycles. The number of benzene rings is 1. The molecule has 100 valence electrons. The first-order chi connectivity index (χ1) is 8.97. The Labute approximate surface area is 122 Å². The molecule has 0 atom stereocenters. The molecule has 1 fully saturated rings. The number of carbonyl (C=O) groups excluding carboxylic acids is 1. The Kier molecular flexibility index (Phi) is 3.96. The third-order valence-electron chi connectivity index (χ3n) is 3.92. The minimum atomic E-state index is -0.275. The van der Waals surface area contributed by atoms with E-state index in [0.29, 0.717) is 13.1 Å². The molecule has 3 nitrogen and oxygen atoms in total. The van der Waals surface area contributed by atoms with Crippen LogP contribution in [0.5, 0.6) is 0 Å². The van der Waals surface area contributed by atoms with Crippen LogP contribution in [0.15, 0.2) is 22.7 Å². The molecular weight excluding hydrogens is 304 g/mol. The van der Waals surface area contributed by atoms with Crippen molar-refractivity contribution in [2.75, 3.05) is 13.1 Å². The van der Waals surface area contributed by atoms with Gasteiger partial charge in [0.05, 0.1) is 11.5 Å². The standard InChI is InChI=1S/C15H17BrN2O/c1-11-12(4-3-5-13(11)16)14(19)18-8-6-15(2,10-17)7-9-18/h3-5H,6-9H2,1-2H3. The van der Waals surface area contributed by atoms with Gasteiger partial charge in [-0.05, 0) is 44.4 Å². The summed E-state index contributed by atoms with van der Waals surface area (Å²) in [6.45, 7) is 5.24. The van der Waals surface area contributed by atoms with Crippen molar-refractivity contribution in [3.05, 3.63) is 33.8 Å². The second kappa shape index (κ2) is 5.34. The van der Waals surface area contributed by atoms with Crippen LogP contribution in [-0.4, -0.2) is 23.9 Å². The molecule has 0 unspecified atom stereocenters. The van der Waals surface area contributed by atoms with Gasteiger partial charge in [0, 0.05) is 23.1 Å². The van der Waals surface area contributed by atoms with Crippen molar-refractivity contribution in [1.82, 2.24) is 4.90 Å². The normalized spacial score (nSPS) is 17.9. The van der Waals surface area contributed by atoms with E-state index in [4.69, 9.17) is 5.26 Å². The lowest BCUT2D eigenvalue weighted by Crippen LogP contribution is -2.41. The van der Waals surface area contributed by atoms with Crippen LogP contribution in [-0.2, 0) is 0 Å². The van der Waals surface area contributed by atoms with E-state index in [1.807, 2.05) is 36.9 Å². The number of nitrogens with zero attached hydrogens (tertiary/aromatic N) is 2. The highest BCUT2D eigenvalue weighted by molar-refractivity contribution is 9.10. The second-order valence-electron chi connectivity index (χ2n) is 5.38. The third-order valence-corrected chi connectivity index (χ3v) is 4.78. The van der Waals surface area contributed by atoms with Crippen molar-refractivity contribution in [2.24, 2.45) is 5.41 Å². The monoisotopic (exact) mass is 320 g/mol. The molecule has 1 aliphatic rings. The van der Waals surface area contributed by atoms with Crippen molar-refractivity contribution in [1.29, 1.82) is 5.26 Å². The summed E-state index contributed by atoms with van der Waals surface area (Å²) >= 11 is 3.45. The summed E-state index contributed by atoms with van der Waals surface area (Å²) in [6, 6.07) is 8.04. The van der Waals surface area contributed by atoms with E-state index in [9.17, 15) is 4.79 Å². The zero-order valence-corrected chi connectivity index (χ0v) is 12.8. The number of halogens is 1. The van der Waals surface area contributed by atoms with E-state index in [-0.39, 0.29) is 11.3 Å². The van der Waals surface area contributed by atoms with Crippen LogP contribution in [0.1, 0.15) is 35.7 Å². The van der Waals surface area contributed by atoms with E-state index in [1.54, 1.807) is 0 Å². The molecule has 1 aromatic rings. The molecular formula is C15H17BrN2O. The number of nitriles is 1. The van der Waals surface area contributed by atoms with Gasteiger partial charge in [0.15, 0.2) is 0 Å². The smallest absolute Gasteiger partial charge is 0.254 e. The maximum Gasteiger partial charge on any atom is 0.254 e. The van der Waals surface area contributed by atoms with Gasteiger partial charge in [-0.25, -0.2) is 0 Å². The summed E-state index contributed by atoms with van der Waals surface area (Å²) in [4.78, 5) is 14.3. The van der Waals surface area contributed by atoms with Gasteiger partial charge in [-0.1, -0.05) is 22.0 Å². The SMILES string of the molecule is Cc1c(Br)cccc1C(=O)N1CCC(C)(C#N)CC1. The highest BCUT2D eigenvalue weighted by Crippen LogP contribution is 2.31. The Morgan fingerprint density at radius 2 is 2.05 bits per heavy atom. The van der Waals surface area contributed by atoms with Crippen molar-refractivity contribution in [2.45, 2.75) is 26.7 Å².